The average Bonchev–Trinajstić information content (AvgIpc) is 2.96. The Labute approximate surface area is 150 Å². The van der Waals surface area contributed by atoms with Gasteiger partial charge in [-0.05, 0) is 40.0 Å². The van der Waals surface area contributed by atoms with Gasteiger partial charge in [0.1, 0.15) is 6.54 Å². The van der Waals surface area contributed by atoms with E-state index >= 15 is 0 Å². The van der Waals surface area contributed by atoms with Gasteiger partial charge in [0.05, 0.1) is 12.3 Å². The number of ether oxygens (including phenoxy) is 1. The molecule has 24 heavy (non-hydrogen) atoms. The van der Waals surface area contributed by atoms with Gasteiger partial charge in [0.15, 0.2) is 0 Å². The second-order valence-electron chi connectivity index (χ2n) is 6.77. The lowest BCUT2D eigenvalue weighted by Crippen LogP contribution is -2.35. The van der Waals surface area contributed by atoms with Crippen molar-refractivity contribution in [1.82, 2.24) is 20.0 Å². The summed E-state index contributed by atoms with van der Waals surface area (Å²) in [6.45, 7) is 9.69. The minimum absolute atomic E-state index is 0. The first-order valence-electron chi connectivity index (χ1n) is 8.73. The fourth-order valence-corrected chi connectivity index (χ4v) is 3.83. The zero-order valence-electron chi connectivity index (χ0n) is 14.9. The minimum Gasteiger partial charge on any atom is -0.465 e. The molecule has 3 heterocycles. The lowest BCUT2D eigenvalue weighted by molar-refractivity contribution is -0.144. The number of rotatable bonds is 5. The van der Waals surface area contributed by atoms with Gasteiger partial charge in [0.2, 0.25) is 0 Å². The Bertz CT molecular complexity index is 575. The largest absolute Gasteiger partial charge is 0.465 e. The summed E-state index contributed by atoms with van der Waals surface area (Å²) in [5, 5.41) is 8.26. The Kier molecular flexibility index (Phi) is 6.66. The van der Waals surface area contributed by atoms with E-state index in [1.807, 2.05) is 13.8 Å². The first-order valence-corrected chi connectivity index (χ1v) is 8.73. The van der Waals surface area contributed by atoms with Crippen molar-refractivity contribution in [3.05, 3.63) is 17.0 Å². The highest BCUT2D eigenvalue weighted by Gasteiger charge is 2.29. The molecule has 0 spiro atoms. The number of likely N-dealkylation sites (tertiary alicyclic amines) is 1. The lowest BCUT2D eigenvalue weighted by atomic mass is 10.1. The monoisotopic (exact) mass is 356 g/mol. The Morgan fingerprint density at radius 2 is 2.04 bits per heavy atom. The van der Waals surface area contributed by atoms with Crippen LogP contribution in [0.2, 0.25) is 0 Å². The fraction of sp³-hybridized carbons (Fsp3) is 0.765. The maximum Gasteiger partial charge on any atom is 0.327 e. The van der Waals surface area contributed by atoms with Gasteiger partial charge in [0, 0.05) is 43.0 Å². The molecule has 0 saturated carbocycles. The van der Waals surface area contributed by atoms with E-state index < -0.39 is 0 Å². The van der Waals surface area contributed by atoms with Crippen LogP contribution in [-0.2, 0) is 22.6 Å². The van der Waals surface area contributed by atoms with Crippen LogP contribution in [0.15, 0.2) is 0 Å². The van der Waals surface area contributed by atoms with E-state index in [4.69, 9.17) is 4.74 Å². The molecular formula is C17H29ClN4O2. The van der Waals surface area contributed by atoms with Crippen molar-refractivity contribution < 1.29 is 9.53 Å². The third-order valence-corrected chi connectivity index (χ3v) is 5.10. The molecule has 2 atom stereocenters. The molecular weight excluding hydrogens is 328 g/mol. The van der Waals surface area contributed by atoms with Crippen LogP contribution in [0.4, 0.5) is 0 Å². The number of nitrogens with zero attached hydrogens (tertiary/aromatic N) is 3. The molecule has 0 amide bonds. The van der Waals surface area contributed by atoms with Crippen molar-refractivity contribution in [2.24, 2.45) is 0 Å². The van der Waals surface area contributed by atoms with Gasteiger partial charge in [-0.1, -0.05) is 0 Å². The van der Waals surface area contributed by atoms with E-state index in [9.17, 15) is 4.79 Å². The lowest BCUT2D eigenvalue weighted by Gasteiger charge is -2.24. The standard InChI is InChI=1S/C17H28N4O2.ClH/c1-4-23-17(22)11-21-13(3)16(12(2)19-21)10-20-8-7-14-5-6-15(9-20)18-14;/h14-15,18H,4-11H2,1-3H3;1H. The predicted molar refractivity (Wildman–Crippen MR) is 95.4 cm³/mol. The third kappa shape index (κ3) is 4.29. The maximum atomic E-state index is 11.7. The number of carbonyl (C=O) groups excluding carboxylic acids is 1. The highest BCUT2D eigenvalue weighted by Crippen LogP contribution is 2.23. The molecule has 2 fully saturated rings. The summed E-state index contributed by atoms with van der Waals surface area (Å²) < 4.78 is 6.81. The molecule has 0 radical (unpaired) electrons. The molecule has 6 nitrogen and oxygen atoms in total. The number of nitrogens with one attached hydrogen (secondary N) is 1. The number of carbonyl (C=O) groups is 1. The smallest absolute Gasteiger partial charge is 0.327 e. The molecule has 136 valence electrons. The van der Waals surface area contributed by atoms with Crippen LogP contribution >= 0.6 is 12.4 Å². The highest BCUT2D eigenvalue weighted by atomic mass is 35.5. The molecule has 2 aliphatic heterocycles. The second-order valence-corrected chi connectivity index (χ2v) is 6.77. The summed E-state index contributed by atoms with van der Waals surface area (Å²) in [5.41, 5.74) is 3.36. The number of aryl methyl sites for hydroxylation is 1. The van der Waals surface area contributed by atoms with E-state index in [2.05, 4.69) is 22.2 Å². The molecule has 2 aliphatic rings. The van der Waals surface area contributed by atoms with Gasteiger partial charge in [-0.3, -0.25) is 14.4 Å². The molecule has 0 aliphatic carbocycles. The van der Waals surface area contributed by atoms with Gasteiger partial charge in [0.25, 0.3) is 0 Å². The maximum absolute atomic E-state index is 11.7. The minimum atomic E-state index is -0.221. The molecule has 2 saturated heterocycles. The Balaban J connectivity index is 0.00000208. The van der Waals surface area contributed by atoms with Crippen LogP contribution in [0.25, 0.3) is 0 Å². The molecule has 2 bridgehead atoms. The Hall–Kier alpha value is -1.11. The van der Waals surface area contributed by atoms with Crippen molar-refractivity contribution in [2.45, 2.75) is 65.2 Å². The molecule has 1 aromatic heterocycles. The van der Waals surface area contributed by atoms with Crippen molar-refractivity contribution in [2.75, 3.05) is 19.7 Å². The summed E-state index contributed by atoms with van der Waals surface area (Å²) in [6.07, 6.45) is 3.85. The van der Waals surface area contributed by atoms with E-state index in [1.54, 1.807) is 4.68 Å². The van der Waals surface area contributed by atoms with Crippen LogP contribution < -0.4 is 5.32 Å². The van der Waals surface area contributed by atoms with Crippen LogP contribution in [0.1, 0.15) is 43.1 Å². The number of esters is 1. The van der Waals surface area contributed by atoms with Gasteiger partial charge in [-0.15, -0.1) is 12.4 Å². The number of hydrogen-bond acceptors (Lipinski definition) is 5. The zero-order chi connectivity index (χ0) is 16.4. The van der Waals surface area contributed by atoms with Crippen LogP contribution in [-0.4, -0.2) is 52.4 Å². The third-order valence-electron chi connectivity index (χ3n) is 5.10. The normalized spacial score (nSPS) is 23.6. The number of aromatic nitrogens is 2. The van der Waals surface area contributed by atoms with Crippen molar-refractivity contribution in [3.63, 3.8) is 0 Å². The summed E-state index contributed by atoms with van der Waals surface area (Å²) in [4.78, 5) is 14.2. The molecule has 7 heteroatoms. The van der Waals surface area contributed by atoms with E-state index in [0.717, 1.165) is 31.0 Å². The first kappa shape index (κ1) is 19.2. The van der Waals surface area contributed by atoms with Crippen molar-refractivity contribution in [1.29, 1.82) is 0 Å². The molecule has 1 aromatic rings. The van der Waals surface area contributed by atoms with Crippen molar-refractivity contribution in [3.8, 4) is 0 Å². The van der Waals surface area contributed by atoms with Gasteiger partial charge < -0.3 is 10.1 Å². The summed E-state index contributed by atoms with van der Waals surface area (Å²) in [7, 11) is 0. The molecule has 3 rings (SSSR count). The molecule has 0 aromatic carbocycles. The van der Waals surface area contributed by atoms with Gasteiger partial charge in [-0.2, -0.15) is 5.10 Å². The molecule has 1 N–H and O–H groups in total. The fourth-order valence-electron chi connectivity index (χ4n) is 3.83. The predicted octanol–water partition coefficient (Wildman–Crippen LogP) is 1.81. The van der Waals surface area contributed by atoms with Crippen LogP contribution in [0.5, 0.6) is 0 Å². The number of fused-ring (bicyclic) bond motifs is 2. The SMILES string of the molecule is CCOC(=O)Cn1nc(C)c(CN2CCC3CCC(C2)N3)c1C.Cl. The first-order chi connectivity index (χ1) is 11.1. The number of halogens is 1. The van der Waals surface area contributed by atoms with Crippen LogP contribution in [0.3, 0.4) is 0 Å². The second kappa shape index (κ2) is 8.32. The van der Waals surface area contributed by atoms with Crippen molar-refractivity contribution >= 4 is 18.4 Å². The van der Waals surface area contributed by atoms with E-state index in [-0.39, 0.29) is 24.9 Å². The van der Waals surface area contributed by atoms with E-state index in [1.165, 1.54) is 24.8 Å². The van der Waals surface area contributed by atoms with Gasteiger partial charge in [-0.25, -0.2) is 0 Å². The van der Waals surface area contributed by atoms with Crippen LogP contribution in [0, 0.1) is 13.8 Å². The highest BCUT2D eigenvalue weighted by molar-refractivity contribution is 5.85. The summed E-state index contributed by atoms with van der Waals surface area (Å²) >= 11 is 0. The summed E-state index contributed by atoms with van der Waals surface area (Å²) in [5.74, 6) is -0.221. The Morgan fingerprint density at radius 3 is 2.79 bits per heavy atom. The van der Waals surface area contributed by atoms with E-state index in [0.29, 0.717) is 18.7 Å². The quantitative estimate of drug-likeness (QED) is 0.815. The zero-order valence-corrected chi connectivity index (χ0v) is 15.7. The Morgan fingerprint density at radius 1 is 1.29 bits per heavy atom. The van der Waals surface area contributed by atoms with Gasteiger partial charge >= 0.3 is 5.97 Å². The molecule has 2 unspecified atom stereocenters. The summed E-state index contributed by atoms with van der Waals surface area (Å²) in [6, 6.07) is 1.34. The average molecular weight is 357 g/mol. The number of hydrogen-bond donors (Lipinski definition) is 1. The topological polar surface area (TPSA) is 59.4 Å².